The fraction of sp³-hybridized carbons (Fsp3) is 0.632. The van der Waals surface area contributed by atoms with Crippen LogP contribution in [0.4, 0.5) is 4.79 Å². The van der Waals surface area contributed by atoms with Gasteiger partial charge < -0.3 is 19.4 Å². The predicted molar refractivity (Wildman–Crippen MR) is 105 cm³/mol. The third-order valence-electron chi connectivity index (χ3n) is 4.75. The van der Waals surface area contributed by atoms with Crippen LogP contribution in [0.1, 0.15) is 67.0 Å². The number of alkyl carbamates (subject to hydrolysis) is 1. The molecule has 1 heterocycles. The molecule has 1 aliphatic heterocycles. The molecule has 1 atom stereocenters. The molecule has 1 aromatic rings. The second-order valence-corrected chi connectivity index (χ2v) is 9.14. The van der Waals surface area contributed by atoms with Crippen molar-refractivity contribution in [1.29, 1.82) is 0 Å². The van der Waals surface area contributed by atoms with E-state index < -0.39 is 30.0 Å². The lowest BCUT2D eigenvalue weighted by molar-refractivity contribution is 0.00578. The lowest BCUT2D eigenvalue weighted by Gasteiger charge is -2.32. The number of carbonyl (C=O) groups excluding carboxylic acids is 1. The van der Waals surface area contributed by atoms with Crippen molar-refractivity contribution in [1.82, 2.24) is 5.32 Å². The molecule has 0 aliphatic carbocycles. The number of hydrogen-bond donors (Lipinski definition) is 1. The molecule has 0 bridgehead atoms. The van der Waals surface area contributed by atoms with Crippen molar-refractivity contribution >= 4 is 30.3 Å². The highest BCUT2D eigenvalue weighted by Crippen LogP contribution is 2.36. The van der Waals surface area contributed by atoms with Gasteiger partial charge in [-0.3, -0.25) is 0 Å². The van der Waals surface area contributed by atoms with Crippen molar-refractivity contribution < 1.29 is 18.8 Å². The van der Waals surface area contributed by atoms with Crippen LogP contribution in [0, 0.1) is 0 Å². The maximum absolute atomic E-state index is 12.0. The van der Waals surface area contributed by atoms with E-state index in [1.807, 2.05) is 73.6 Å². The molecule has 7 heteroatoms. The first-order valence-electron chi connectivity index (χ1n) is 8.86. The van der Waals surface area contributed by atoms with Gasteiger partial charge in [0, 0.05) is 5.02 Å². The SMILES string of the molecule is C[C@H](NC(=O)OC(C)(C)C)c1ccc(B2OC(C)(C)C(C)(C)O2)cc1Cl. The molecule has 1 saturated heterocycles. The van der Waals surface area contributed by atoms with Crippen molar-refractivity contribution in [2.75, 3.05) is 0 Å². The molecule has 1 amide bonds. The Labute approximate surface area is 161 Å². The highest BCUT2D eigenvalue weighted by Gasteiger charge is 2.51. The smallest absolute Gasteiger partial charge is 0.444 e. The van der Waals surface area contributed by atoms with E-state index in [-0.39, 0.29) is 6.04 Å². The molecule has 26 heavy (non-hydrogen) atoms. The Bertz CT molecular complexity index is 669. The molecule has 0 aromatic heterocycles. The molecule has 1 aliphatic rings. The zero-order chi connectivity index (χ0) is 19.9. The van der Waals surface area contributed by atoms with Crippen molar-refractivity contribution in [2.45, 2.75) is 78.2 Å². The monoisotopic (exact) mass is 381 g/mol. The summed E-state index contributed by atoms with van der Waals surface area (Å²) in [4.78, 5) is 12.0. The summed E-state index contributed by atoms with van der Waals surface area (Å²) in [6, 6.07) is 5.33. The average molecular weight is 382 g/mol. The zero-order valence-corrected chi connectivity index (χ0v) is 17.7. The van der Waals surface area contributed by atoms with Gasteiger partial charge >= 0.3 is 13.2 Å². The molecule has 2 rings (SSSR count). The summed E-state index contributed by atoms with van der Waals surface area (Å²) in [5.41, 5.74) is 0.288. The quantitative estimate of drug-likeness (QED) is 0.796. The minimum absolute atomic E-state index is 0.287. The largest absolute Gasteiger partial charge is 0.494 e. The number of rotatable bonds is 3. The Morgan fingerprint density at radius 1 is 1.19 bits per heavy atom. The van der Waals surface area contributed by atoms with Crippen molar-refractivity contribution in [3.63, 3.8) is 0 Å². The summed E-state index contributed by atoms with van der Waals surface area (Å²) < 4.78 is 17.4. The summed E-state index contributed by atoms with van der Waals surface area (Å²) in [5, 5.41) is 3.34. The topological polar surface area (TPSA) is 56.8 Å². The van der Waals surface area contributed by atoms with E-state index in [0.29, 0.717) is 5.02 Å². The van der Waals surface area contributed by atoms with Crippen molar-refractivity contribution in [3.8, 4) is 0 Å². The van der Waals surface area contributed by atoms with Gasteiger partial charge in [-0.25, -0.2) is 4.79 Å². The third-order valence-corrected chi connectivity index (χ3v) is 5.08. The van der Waals surface area contributed by atoms with E-state index in [1.54, 1.807) is 0 Å². The molecule has 0 saturated carbocycles. The summed E-state index contributed by atoms with van der Waals surface area (Å²) in [5.74, 6) is 0. The van der Waals surface area contributed by atoms with E-state index in [4.69, 9.17) is 25.6 Å². The predicted octanol–water partition coefficient (Wildman–Crippen LogP) is 4.22. The molecular weight excluding hydrogens is 352 g/mol. The Kier molecular flexibility index (Phi) is 5.72. The molecule has 0 spiro atoms. The van der Waals surface area contributed by atoms with E-state index >= 15 is 0 Å². The van der Waals surface area contributed by atoms with E-state index in [2.05, 4.69) is 5.32 Å². The average Bonchev–Trinajstić information content (AvgIpc) is 2.64. The molecule has 1 aromatic carbocycles. The van der Waals surface area contributed by atoms with E-state index in [0.717, 1.165) is 11.0 Å². The fourth-order valence-corrected chi connectivity index (χ4v) is 2.94. The lowest BCUT2D eigenvalue weighted by atomic mass is 9.78. The molecular formula is C19H29BClNO4. The second-order valence-electron chi connectivity index (χ2n) is 8.74. The number of benzene rings is 1. The summed E-state index contributed by atoms with van der Waals surface area (Å²) in [6.07, 6.45) is -0.476. The fourth-order valence-electron chi connectivity index (χ4n) is 2.58. The third kappa shape index (κ3) is 4.73. The van der Waals surface area contributed by atoms with Crippen LogP contribution in [0.15, 0.2) is 18.2 Å². The van der Waals surface area contributed by atoms with Crippen molar-refractivity contribution in [3.05, 3.63) is 28.8 Å². The van der Waals surface area contributed by atoms with Crippen LogP contribution >= 0.6 is 11.6 Å². The minimum atomic E-state index is -0.547. The van der Waals surface area contributed by atoms with Gasteiger partial charge in [0.1, 0.15) is 5.60 Å². The van der Waals surface area contributed by atoms with Crippen LogP contribution < -0.4 is 10.8 Å². The highest BCUT2D eigenvalue weighted by molar-refractivity contribution is 6.62. The van der Waals surface area contributed by atoms with Crippen LogP contribution in [0.2, 0.25) is 5.02 Å². The Morgan fingerprint density at radius 3 is 2.19 bits per heavy atom. The summed E-state index contributed by atoms with van der Waals surface area (Å²) in [6.45, 7) is 15.4. The molecule has 1 N–H and O–H groups in total. The van der Waals surface area contributed by atoms with Gasteiger partial charge in [-0.2, -0.15) is 0 Å². The van der Waals surface area contributed by atoms with Crippen LogP contribution in [0.5, 0.6) is 0 Å². The minimum Gasteiger partial charge on any atom is -0.444 e. The van der Waals surface area contributed by atoms with Crippen LogP contribution in [0.25, 0.3) is 0 Å². The maximum atomic E-state index is 12.0. The second kappa shape index (κ2) is 7.06. The standard InChI is InChI=1S/C19H29BClNO4/c1-12(22-16(23)24-17(2,3)4)14-10-9-13(11-15(14)21)20-25-18(5,6)19(7,8)26-20/h9-12H,1-8H3,(H,22,23)/t12-/m0/s1. The number of ether oxygens (including phenoxy) is 1. The molecule has 0 radical (unpaired) electrons. The van der Waals surface area contributed by atoms with Crippen molar-refractivity contribution in [2.24, 2.45) is 0 Å². The van der Waals surface area contributed by atoms with Gasteiger partial charge in [0.2, 0.25) is 0 Å². The van der Waals surface area contributed by atoms with Gasteiger partial charge in [0.25, 0.3) is 0 Å². The molecule has 1 fully saturated rings. The van der Waals surface area contributed by atoms with Crippen LogP contribution in [-0.2, 0) is 14.0 Å². The number of halogens is 1. The van der Waals surface area contributed by atoms with E-state index in [1.165, 1.54) is 0 Å². The van der Waals surface area contributed by atoms with Gasteiger partial charge in [-0.05, 0) is 72.5 Å². The van der Waals surface area contributed by atoms with Crippen LogP contribution in [-0.4, -0.2) is 30.0 Å². The van der Waals surface area contributed by atoms with Gasteiger partial charge in [0.05, 0.1) is 17.2 Å². The van der Waals surface area contributed by atoms with Gasteiger partial charge in [-0.15, -0.1) is 0 Å². The Balaban J connectivity index is 2.11. The first kappa shape index (κ1) is 21.1. The maximum Gasteiger partial charge on any atom is 0.494 e. The van der Waals surface area contributed by atoms with E-state index in [9.17, 15) is 4.79 Å². The zero-order valence-electron chi connectivity index (χ0n) is 16.9. The molecule has 0 unspecified atom stereocenters. The number of hydrogen-bond acceptors (Lipinski definition) is 4. The molecule has 5 nitrogen and oxygen atoms in total. The Hall–Kier alpha value is -1.24. The van der Waals surface area contributed by atoms with Crippen LogP contribution in [0.3, 0.4) is 0 Å². The van der Waals surface area contributed by atoms with Gasteiger partial charge in [-0.1, -0.05) is 23.7 Å². The number of amides is 1. The number of carbonyl (C=O) groups is 1. The first-order chi connectivity index (χ1) is 11.7. The lowest BCUT2D eigenvalue weighted by Crippen LogP contribution is -2.41. The highest BCUT2D eigenvalue weighted by atomic mass is 35.5. The summed E-state index contributed by atoms with van der Waals surface area (Å²) >= 11 is 6.46. The van der Waals surface area contributed by atoms with Gasteiger partial charge in [0.15, 0.2) is 0 Å². The molecule has 144 valence electrons. The normalized spacial score (nSPS) is 20.0. The summed E-state index contributed by atoms with van der Waals surface area (Å²) in [7, 11) is -0.472. The first-order valence-corrected chi connectivity index (χ1v) is 9.24. The Morgan fingerprint density at radius 2 is 1.73 bits per heavy atom. The number of nitrogens with one attached hydrogen (secondary N) is 1.